The van der Waals surface area contributed by atoms with Crippen LogP contribution in [0.3, 0.4) is 0 Å². The quantitative estimate of drug-likeness (QED) is 0.748. The lowest BCUT2D eigenvalue weighted by Crippen LogP contribution is -2.25. The summed E-state index contributed by atoms with van der Waals surface area (Å²) in [6.07, 6.45) is 0.766. The molecule has 1 aromatic heterocycles. The lowest BCUT2D eigenvalue weighted by Gasteiger charge is -2.05. The second-order valence-corrected chi connectivity index (χ2v) is 5.70. The van der Waals surface area contributed by atoms with Crippen molar-refractivity contribution in [3.63, 3.8) is 0 Å². The van der Waals surface area contributed by atoms with Crippen LogP contribution in [0.25, 0.3) is 10.9 Å². The van der Waals surface area contributed by atoms with Crippen LogP contribution in [-0.2, 0) is 6.42 Å². The summed E-state index contributed by atoms with van der Waals surface area (Å²) in [6, 6.07) is 15.2. The number of methoxy groups -OCH3 is 1. The first kappa shape index (κ1) is 15.4. The van der Waals surface area contributed by atoms with Crippen LogP contribution < -0.4 is 10.1 Å². The van der Waals surface area contributed by atoms with E-state index in [1.807, 2.05) is 48.5 Å². The van der Waals surface area contributed by atoms with E-state index in [0.717, 1.165) is 28.6 Å². The number of carbonyl (C=O) groups is 1. The van der Waals surface area contributed by atoms with Gasteiger partial charge in [0.25, 0.3) is 5.91 Å². The van der Waals surface area contributed by atoms with Gasteiger partial charge in [-0.15, -0.1) is 0 Å². The zero-order chi connectivity index (χ0) is 16.2. The van der Waals surface area contributed by atoms with Crippen molar-refractivity contribution in [2.75, 3.05) is 13.7 Å². The third-order valence-corrected chi connectivity index (χ3v) is 3.92. The monoisotopic (exact) mass is 328 g/mol. The van der Waals surface area contributed by atoms with Crippen LogP contribution in [0.4, 0.5) is 0 Å². The van der Waals surface area contributed by atoms with Gasteiger partial charge in [-0.1, -0.05) is 29.8 Å². The molecule has 0 aliphatic rings. The molecule has 0 saturated carbocycles. The number of aromatic nitrogens is 1. The fraction of sp³-hybridized carbons (Fsp3) is 0.167. The minimum absolute atomic E-state index is 0.120. The standard InChI is InChI=1S/C18H17ClN2O2/c1-23-15-6-2-12(3-7-15)8-9-20-18(22)17-10-13-4-5-14(19)11-16(13)21-17/h2-7,10-11,21H,8-9H2,1H3,(H,20,22). The molecule has 3 rings (SSSR count). The summed E-state index contributed by atoms with van der Waals surface area (Å²) < 4.78 is 5.12. The third-order valence-electron chi connectivity index (χ3n) is 3.69. The lowest BCUT2D eigenvalue weighted by molar-refractivity contribution is 0.0950. The van der Waals surface area contributed by atoms with Gasteiger partial charge in [-0.2, -0.15) is 0 Å². The molecule has 0 aliphatic carbocycles. The van der Waals surface area contributed by atoms with E-state index < -0.39 is 0 Å². The van der Waals surface area contributed by atoms with Crippen LogP contribution in [-0.4, -0.2) is 24.5 Å². The summed E-state index contributed by atoms with van der Waals surface area (Å²) >= 11 is 5.95. The number of rotatable bonds is 5. The Kier molecular flexibility index (Phi) is 4.53. The van der Waals surface area contributed by atoms with Crippen LogP contribution >= 0.6 is 11.6 Å². The van der Waals surface area contributed by atoms with Gasteiger partial charge in [0.15, 0.2) is 0 Å². The Bertz CT molecular complexity index is 825. The van der Waals surface area contributed by atoms with Gasteiger partial charge >= 0.3 is 0 Å². The van der Waals surface area contributed by atoms with Gasteiger partial charge in [0.1, 0.15) is 11.4 Å². The zero-order valence-corrected chi connectivity index (χ0v) is 13.5. The molecule has 1 heterocycles. The first-order chi connectivity index (χ1) is 11.2. The second-order valence-electron chi connectivity index (χ2n) is 5.27. The van der Waals surface area contributed by atoms with Crippen molar-refractivity contribution in [1.29, 1.82) is 0 Å². The molecule has 0 aliphatic heterocycles. The van der Waals surface area contributed by atoms with Crippen molar-refractivity contribution in [2.24, 2.45) is 0 Å². The van der Waals surface area contributed by atoms with Crippen LogP contribution in [0, 0.1) is 0 Å². The summed E-state index contributed by atoms with van der Waals surface area (Å²) in [5, 5.41) is 4.53. The van der Waals surface area contributed by atoms with E-state index >= 15 is 0 Å². The molecule has 5 heteroatoms. The summed E-state index contributed by atoms with van der Waals surface area (Å²) in [5.74, 6) is 0.709. The molecule has 0 fully saturated rings. The first-order valence-electron chi connectivity index (χ1n) is 7.35. The fourth-order valence-corrected chi connectivity index (χ4v) is 2.60. The smallest absolute Gasteiger partial charge is 0.267 e. The molecule has 0 bridgehead atoms. The molecule has 23 heavy (non-hydrogen) atoms. The van der Waals surface area contributed by atoms with E-state index in [2.05, 4.69) is 10.3 Å². The minimum atomic E-state index is -0.120. The van der Waals surface area contributed by atoms with E-state index in [0.29, 0.717) is 17.3 Å². The van der Waals surface area contributed by atoms with E-state index in [4.69, 9.17) is 16.3 Å². The number of H-pyrrole nitrogens is 1. The molecule has 2 aromatic carbocycles. The number of amides is 1. The highest BCUT2D eigenvalue weighted by Crippen LogP contribution is 2.19. The molecule has 0 spiro atoms. The molecule has 3 aromatic rings. The Hall–Kier alpha value is -2.46. The first-order valence-corrected chi connectivity index (χ1v) is 7.73. The largest absolute Gasteiger partial charge is 0.497 e. The van der Waals surface area contributed by atoms with Gasteiger partial charge in [0.05, 0.1) is 7.11 Å². The van der Waals surface area contributed by atoms with Gasteiger partial charge in [0, 0.05) is 22.5 Å². The Balaban J connectivity index is 1.59. The predicted octanol–water partition coefficient (Wildman–Crippen LogP) is 3.80. The zero-order valence-electron chi connectivity index (χ0n) is 12.7. The van der Waals surface area contributed by atoms with Crippen LogP contribution in [0.2, 0.25) is 5.02 Å². The molecule has 2 N–H and O–H groups in total. The molecule has 1 amide bonds. The van der Waals surface area contributed by atoms with Crippen LogP contribution in [0.1, 0.15) is 16.1 Å². The summed E-state index contributed by atoms with van der Waals surface area (Å²) in [4.78, 5) is 15.3. The topological polar surface area (TPSA) is 54.1 Å². The van der Waals surface area contributed by atoms with Crippen molar-refractivity contribution in [2.45, 2.75) is 6.42 Å². The number of hydrogen-bond donors (Lipinski definition) is 2. The molecule has 4 nitrogen and oxygen atoms in total. The molecule has 0 atom stereocenters. The minimum Gasteiger partial charge on any atom is -0.497 e. The van der Waals surface area contributed by atoms with Gasteiger partial charge < -0.3 is 15.0 Å². The molecule has 118 valence electrons. The number of fused-ring (bicyclic) bond motifs is 1. The van der Waals surface area contributed by atoms with E-state index in [-0.39, 0.29) is 5.91 Å². The van der Waals surface area contributed by atoms with Crippen molar-refractivity contribution in [1.82, 2.24) is 10.3 Å². The Labute approximate surface area is 139 Å². The number of aromatic amines is 1. The average molecular weight is 329 g/mol. The van der Waals surface area contributed by atoms with Crippen LogP contribution in [0.5, 0.6) is 5.75 Å². The second kappa shape index (κ2) is 6.75. The van der Waals surface area contributed by atoms with E-state index in [1.54, 1.807) is 7.11 Å². The van der Waals surface area contributed by atoms with Crippen LogP contribution in [0.15, 0.2) is 48.5 Å². The summed E-state index contributed by atoms with van der Waals surface area (Å²) in [5.41, 5.74) is 2.55. The predicted molar refractivity (Wildman–Crippen MR) is 92.3 cm³/mol. The third kappa shape index (κ3) is 3.66. The highest BCUT2D eigenvalue weighted by Gasteiger charge is 2.09. The Morgan fingerprint density at radius 3 is 2.70 bits per heavy atom. The molecular formula is C18H17ClN2O2. The molecule has 0 radical (unpaired) electrons. The maximum atomic E-state index is 12.2. The maximum absolute atomic E-state index is 12.2. The Morgan fingerprint density at radius 1 is 1.17 bits per heavy atom. The van der Waals surface area contributed by atoms with Gasteiger partial charge in [-0.3, -0.25) is 4.79 Å². The van der Waals surface area contributed by atoms with E-state index in [9.17, 15) is 4.79 Å². The van der Waals surface area contributed by atoms with Crippen molar-refractivity contribution < 1.29 is 9.53 Å². The number of ether oxygens (including phenoxy) is 1. The number of halogens is 1. The van der Waals surface area contributed by atoms with Crippen molar-refractivity contribution >= 4 is 28.4 Å². The normalized spacial score (nSPS) is 10.7. The number of hydrogen-bond acceptors (Lipinski definition) is 2. The highest BCUT2D eigenvalue weighted by atomic mass is 35.5. The maximum Gasteiger partial charge on any atom is 0.267 e. The summed E-state index contributed by atoms with van der Waals surface area (Å²) in [6.45, 7) is 0.571. The average Bonchev–Trinajstić information content (AvgIpc) is 2.98. The SMILES string of the molecule is COc1ccc(CCNC(=O)c2cc3ccc(Cl)cc3[nH]2)cc1. The molecular weight excluding hydrogens is 312 g/mol. The Morgan fingerprint density at radius 2 is 1.96 bits per heavy atom. The summed E-state index contributed by atoms with van der Waals surface area (Å²) in [7, 11) is 1.64. The lowest BCUT2D eigenvalue weighted by atomic mass is 10.1. The molecule has 0 saturated heterocycles. The van der Waals surface area contributed by atoms with Gasteiger partial charge in [-0.05, 0) is 42.3 Å². The molecule has 0 unspecified atom stereocenters. The highest BCUT2D eigenvalue weighted by molar-refractivity contribution is 6.31. The number of nitrogens with one attached hydrogen (secondary N) is 2. The number of benzene rings is 2. The van der Waals surface area contributed by atoms with Crippen molar-refractivity contribution in [3.05, 3.63) is 64.8 Å². The van der Waals surface area contributed by atoms with Crippen molar-refractivity contribution in [3.8, 4) is 5.75 Å². The van der Waals surface area contributed by atoms with Gasteiger partial charge in [-0.25, -0.2) is 0 Å². The number of carbonyl (C=O) groups excluding carboxylic acids is 1. The fourth-order valence-electron chi connectivity index (χ4n) is 2.43. The van der Waals surface area contributed by atoms with E-state index in [1.165, 1.54) is 0 Å². The van der Waals surface area contributed by atoms with Gasteiger partial charge in [0.2, 0.25) is 0 Å².